The van der Waals surface area contributed by atoms with Gasteiger partial charge in [-0.1, -0.05) is 6.07 Å². The van der Waals surface area contributed by atoms with E-state index in [0.29, 0.717) is 0 Å². The standard InChI is InChI=1S/C7H8ClNO/c1-5-6(9-8)3-2-4-7(5)10/h2-4,9-10H,1H3. The van der Waals surface area contributed by atoms with Crippen molar-refractivity contribution in [2.45, 2.75) is 6.92 Å². The molecule has 0 spiro atoms. The van der Waals surface area contributed by atoms with Crippen molar-refractivity contribution in [3.63, 3.8) is 0 Å². The number of hydrogen-bond acceptors (Lipinski definition) is 2. The van der Waals surface area contributed by atoms with Gasteiger partial charge in [0.25, 0.3) is 0 Å². The summed E-state index contributed by atoms with van der Waals surface area (Å²) in [5, 5.41) is 9.13. The molecule has 0 radical (unpaired) electrons. The van der Waals surface area contributed by atoms with E-state index in [1.165, 1.54) is 0 Å². The summed E-state index contributed by atoms with van der Waals surface area (Å²) in [6.07, 6.45) is 0. The number of aromatic hydroxyl groups is 1. The SMILES string of the molecule is Cc1c(O)cccc1NCl. The van der Waals surface area contributed by atoms with E-state index in [1.807, 2.05) is 0 Å². The van der Waals surface area contributed by atoms with E-state index in [-0.39, 0.29) is 5.75 Å². The molecule has 0 aliphatic heterocycles. The third-order valence-electron chi connectivity index (χ3n) is 1.41. The van der Waals surface area contributed by atoms with Crippen LogP contribution in [-0.4, -0.2) is 5.11 Å². The minimum absolute atomic E-state index is 0.255. The molecule has 1 aromatic carbocycles. The highest BCUT2D eigenvalue weighted by molar-refractivity contribution is 6.24. The lowest BCUT2D eigenvalue weighted by atomic mass is 10.2. The van der Waals surface area contributed by atoms with E-state index in [9.17, 15) is 0 Å². The fourth-order valence-electron chi connectivity index (χ4n) is 0.726. The zero-order chi connectivity index (χ0) is 7.56. The molecule has 0 heterocycles. The first kappa shape index (κ1) is 7.22. The van der Waals surface area contributed by atoms with Gasteiger partial charge in [0.05, 0.1) is 5.69 Å². The second-order valence-corrected chi connectivity index (χ2v) is 2.23. The summed E-state index contributed by atoms with van der Waals surface area (Å²) >= 11 is 5.34. The molecule has 10 heavy (non-hydrogen) atoms. The number of rotatable bonds is 1. The number of hydrogen-bond donors (Lipinski definition) is 2. The maximum atomic E-state index is 9.13. The van der Waals surface area contributed by atoms with E-state index in [0.717, 1.165) is 11.3 Å². The van der Waals surface area contributed by atoms with E-state index >= 15 is 0 Å². The van der Waals surface area contributed by atoms with Crippen LogP contribution >= 0.6 is 11.8 Å². The molecule has 1 aromatic rings. The lowest BCUT2D eigenvalue weighted by Gasteiger charge is -2.03. The predicted molar refractivity (Wildman–Crippen MR) is 42.3 cm³/mol. The highest BCUT2D eigenvalue weighted by Crippen LogP contribution is 2.23. The van der Waals surface area contributed by atoms with Gasteiger partial charge in [0.2, 0.25) is 0 Å². The van der Waals surface area contributed by atoms with Gasteiger partial charge >= 0.3 is 0 Å². The van der Waals surface area contributed by atoms with Crippen LogP contribution < -0.4 is 4.84 Å². The van der Waals surface area contributed by atoms with Gasteiger partial charge in [-0.3, -0.25) is 4.84 Å². The summed E-state index contributed by atoms with van der Waals surface area (Å²) in [6.45, 7) is 1.79. The number of benzene rings is 1. The average molecular weight is 158 g/mol. The molecule has 2 nitrogen and oxygen atoms in total. The van der Waals surface area contributed by atoms with Gasteiger partial charge in [0.15, 0.2) is 0 Å². The Morgan fingerprint density at radius 1 is 1.50 bits per heavy atom. The van der Waals surface area contributed by atoms with E-state index in [1.54, 1.807) is 25.1 Å². The molecule has 0 saturated carbocycles. The van der Waals surface area contributed by atoms with Crippen molar-refractivity contribution in [2.24, 2.45) is 0 Å². The number of halogens is 1. The van der Waals surface area contributed by atoms with Crippen LogP contribution in [0.4, 0.5) is 5.69 Å². The van der Waals surface area contributed by atoms with Crippen molar-refractivity contribution in [1.82, 2.24) is 0 Å². The summed E-state index contributed by atoms with van der Waals surface area (Å²) in [4.78, 5) is 2.45. The Bertz CT molecular complexity index is 237. The second-order valence-electron chi connectivity index (χ2n) is 2.04. The molecule has 3 heteroatoms. The van der Waals surface area contributed by atoms with Gasteiger partial charge in [-0.25, -0.2) is 0 Å². The topological polar surface area (TPSA) is 32.3 Å². The fraction of sp³-hybridized carbons (Fsp3) is 0.143. The van der Waals surface area contributed by atoms with Gasteiger partial charge < -0.3 is 5.11 Å². The largest absolute Gasteiger partial charge is 0.508 e. The van der Waals surface area contributed by atoms with Crippen LogP contribution in [0, 0.1) is 6.92 Å². The van der Waals surface area contributed by atoms with Gasteiger partial charge in [-0.15, -0.1) is 0 Å². The van der Waals surface area contributed by atoms with Crippen LogP contribution in [0.3, 0.4) is 0 Å². The Labute approximate surface area is 64.6 Å². The number of phenolic OH excluding ortho intramolecular Hbond substituents is 1. The highest BCUT2D eigenvalue weighted by atomic mass is 35.5. The summed E-state index contributed by atoms with van der Waals surface area (Å²) in [5.41, 5.74) is 1.50. The molecule has 0 bridgehead atoms. The van der Waals surface area contributed by atoms with E-state index in [2.05, 4.69) is 4.84 Å². The highest BCUT2D eigenvalue weighted by Gasteiger charge is 1.98. The quantitative estimate of drug-likeness (QED) is 0.613. The summed E-state index contributed by atoms with van der Waals surface area (Å²) < 4.78 is 0. The first-order valence-electron chi connectivity index (χ1n) is 2.91. The van der Waals surface area contributed by atoms with Crippen LogP contribution in [0.25, 0.3) is 0 Å². The second kappa shape index (κ2) is 2.80. The lowest BCUT2D eigenvalue weighted by molar-refractivity contribution is 0.471. The zero-order valence-electron chi connectivity index (χ0n) is 5.56. The van der Waals surface area contributed by atoms with Gasteiger partial charge in [-0.05, 0) is 19.1 Å². The maximum absolute atomic E-state index is 9.13. The Kier molecular flexibility index (Phi) is 2.02. The van der Waals surface area contributed by atoms with E-state index in [4.69, 9.17) is 16.9 Å². The van der Waals surface area contributed by atoms with Gasteiger partial charge in [-0.2, -0.15) is 0 Å². The van der Waals surface area contributed by atoms with Crippen molar-refractivity contribution in [2.75, 3.05) is 4.84 Å². The number of nitrogens with one attached hydrogen (secondary N) is 1. The molecule has 0 aliphatic rings. The molecule has 0 atom stereocenters. The molecular formula is C7H8ClNO. The Morgan fingerprint density at radius 3 is 2.70 bits per heavy atom. The van der Waals surface area contributed by atoms with Crippen molar-refractivity contribution >= 4 is 17.5 Å². The summed E-state index contributed by atoms with van der Waals surface area (Å²) in [6, 6.07) is 5.14. The smallest absolute Gasteiger partial charge is 0.120 e. The normalized spacial score (nSPS) is 9.40. The zero-order valence-corrected chi connectivity index (χ0v) is 6.31. The number of anilines is 1. The molecule has 0 unspecified atom stereocenters. The van der Waals surface area contributed by atoms with Gasteiger partial charge in [0, 0.05) is 17.3 Å². The van der Waals surface area contributed by atoms with Gasteiger partial charge in [0.1, 0.15) is 5.75 Å². The van der Waals surface area contributed by atoms with Crippen molar-refractivity contribution in [3.8, 4) is 5.75 Å². The van der Waals surface area contributed by atoms with Crippen molar-refractivity contribution in [1.29, 1.82) is 0 Å². The van der Waals surface area contributed by atoms with E-state index < -0.39 is 0 Å². The van der Waals surface area contributed by atoms with Crippen LogP contribution in [0.5, 0.6) is 5.75 Å². The maximum Gasteiger partial charge on any atom is 0.120 e. The molecule has 0 aromatic heterocycles. The third-order valence-corrected chi connectivity index (χ3v) is 1.61. The van der Waals surface area contributed by atoms with Crippen LogP contribution in [-0.2, 0) is 0 Å². The number of phenols is 1. The Morgan fingerprint density at radius 2 is 2.20 bits per heavy atom. The molecule has 54 valence electrons. The Hall–Kier alpha value is -0.890. The molecule has 1 rings (SSSR count). The van der Waals surface area contributed by atoms with Crippen molar-refractivity contribution in [3.05, 3.63) is 23.8 Å². The third kappa shape index (κ3) is 1.16. The van der Waals surface area contributed by atoms with Crippen LogP contribution in [0.2, 0.25) is 0 Å². The summed E-state index contributed by atoms with van der Waals surface area (Å²) in [5.74, 6) is 0.255. The molecular weight excluding hydrogens is 150 g/mol. The molecule has 0 fully saturated rings. The van der Waals surface area contributed by atoms with Crippen LogP contribution in [0.1, 0.15) is 5.56 Å². The molecule has 0 saturated heterocycles. The first-order valence-corrected chi connectivity index (χ1v) is 3.28. The minimum Gasteiger partial charge on any atom is -0.508 e. The lowest BCUT2D eigenvalue weighted by Crippen LogP contribution is -1.84. The fourth-order valence-corrected chi connectivity index (χ4v) is 0.931. The minimum atomic E-state index is 0.255. The molecule has 2 N–H and O–H groups in total. The predicted octanol–water partition coefficient (Wildman–Crippen LogP) is 2.27. The molecule has 0 aliphatic carbocycles. The van der Waals surface area contributed by atoms with Crippen LogP contribution in [0.15, 0.2) is 18.2 Å². The summed E-state index contributed by atoms with van der Waals surface area (Å²) in [7, 11) is 0. The van der Waals surface area contributed by atoms with Crippen molar-refractivity contribution < 1.29 is 5.11 Å². The molecule has 0 amide bonds. The first-order chi connectivity index (χ1) is 4.75. The average Bonchev–Trinajstić information content (AvgIpc) is 1.95. The Balaban J connectivity index is 3.14. The monoisotopic (exact) mass is 157 g/mol.